The SMILES string of the molecule is Cc1ccccc1NC(=O)c1sc(NC(C)C)nc1N. The normalized spacial score (nSPS) is 10.6. The molecule has 106 valence electrons. The second-order valence-electron chi connectivity index (χ2n) is 4.80. The fourth-order valence-corrected chi connectivity index (χ4v) is 2.62. The van der Waals surface area contributed by atoms with Gasteiger partial charge in [-0.2, -0.15) is 0 Å². The van der Waals surface area contributed by atoms with E-state index in [4.69, 9.17) is 5.73 Å². The molecule has 6 heteroatoms. The largest absolute Gasteiger partial charge is 0.382 e. The van der Waals surface area contributed by atoms with E-state index in [0.717, 1.165) is 11.3 Å². The van der Waals surface area contributed by atoms with Crippen molar-refractivity contribution >= 4 is 33.9 Å². The van der Waals surface area contributed by atoms with Gasteiger partial charge in [-0.3, -0.25) is 4.79 Å². The Balaban J connectivity index is 2.17. The van der Waals surface area contributed by atoms with Crippen LogP contribution in [-0.2, 0) is 0 Å². The number of para-hydroxylation sites is 1. The summed E-state index contributed by atoms with van der Waals surface area (Å²) in [4.78, 5) is 16.8. The minimum atomic E-state index is -0.230. The van der Waals surface area contributed by atoms with Gasteiger partial charge in [-0.25, -0.2) is 4.98 Å². The molecular weight excluding hydrogens is 272 g/mol. The van der Waals surface area contributed by atoms with Crippen molar-refractivity contribution in [3.8, 4) is 0 Å². The fourth-order valence-electron chi connectivity index (χ4n) is 1.70. The number of carbonyl (C=O) groups is 1. The summed E-state index contributed by atoms with van der Waals surface area (Å²) in [5.74, 6) is 0.0235. The highest BCUT2D eigenvalue weighted by atomic mass is 32.1. The van der Waals surface area contributed by atoms with Gasteiger partial charge < -0.3 is 16.4 Å². The quantitative estimate of drug-likeness (QED) is 0.808. The molecule has 2 rings (SSSR count). The number of thiazole rings is 1. The predicted molar refractivity (Wildman–Crippen MR) is 84.4 cm³/mol. The molecule has 0 spiro atoms. The number of hydrogen-bond donors (Lipinski definition) is 3. The monoisotopic (exact) mass is 290 g/mol. The molecule has 5 nitrogen and oxygen atoms in total. The molecule has 0 aliphatic carbocycles. The van der Waals surface area contributed by atoms with Crippen LogP contribution in [0.2, 0.25) is 0 Å². The highest BCUT2D eigenvalue weighted by Crippen LogP contribution is 2.26. The van der Waals surface area contributed by atoms with Crippen LogP contribution in [0.4, 0.5) is 16.6 Å². The number of carbonyl (C=O) groups excluding carboxylic acids is 1. The molecule has 1 aromatic heterocycles. The average molecular weight is 290 g/mol. The lowest BCUT2D eigenvalue weighted by atomic mass is 10.2. The van der Waals surface area contributed by atoms with Gasteiger partial charge >= 0.3 is 0 Å². The van der Waals surface area contributed by atoms with Crippen molar-refractivity contribution in [3.05, 3.63) is 34.7 Å². The van der Waals surface area contributed by atoms with Crippen LogP contribution in [-0.4, -0.2) is 16.9 Å². The zero-order valence-corrected chi connectivity index (χ0v) is 12.5. The van der Waals surface area contributed by atoms with Gasteiger partial charge in [-0.15, -0.1) is 0 Å². The van der Waals surface area contributed by atoms with E-state index >= 15 is 0 Å². The standard InChI is InChI=1S/C14H18N4OS/c1-8(2)16-14-18-12(15)11(20-14)13(19)17-10-7-5-4-6-9(10)3/h4-8H,15H2,1-3H3,(H,16,18)(H,17,19). The number of nitrogens with one attached hydrogen (secondary N) is 2. The zero-order valence-electron chi connectivity index (χ0n) is 11.7. The number of rotatable bonds is 4. The molecule has 0 fully saturated rings. The third kappa shape index (κ3) is 3.27. The fraction of sp³-hybridized carbons (Fsp3) is 0.286. The van der Waals surface area contributed by atoms with E-state index in [0.29, 0.717) is 10.0 Å². The molecule has 0 aliphatic rings. The first kappa shape index (κ1) is 14.3. The molecule has 0 radical (unpaired) electrons. The first-order valence-corrected chi connectivity index (χ1v) is 7.19. The summed E-state index contributed by atoms with van der Waals surface area (Å²) in [6.07, 6.45) is 0. The number of nitrogens with two attached hydrogens (primary N) is 1. The molecule has 0 saturated carbocycles. The zero-order chi connectivity index (χ0) is 14.7. The molecular formula is C14H18N4OS. The van der Waals surface area contributed by atoms with E-state index in [1.165, 1.54) is 11.3 Å². The minimum Gasteiger partial charge on any atom is -0.382 e. The summed E-state index contributed by atoms with van der Waals surface area (Å²) in [6, 6.07) is 7.85. The molecule has 0 unspecified atom stereocenters. The summed E-state index contributed by atoms with van der Waals surface area (Å²) in [7, 11) is 0. The van der Waals surface area contributed by atoms with Crippen LogP contribution >= 0.6 is 11.3 Å². The van der Waals surface area contributed by atoms with Crippen LogP contribution in [0.5, 0.6) is 0 Å². The third-order valence-electron chi connectivity index (χ3n) is 2.67. The molecule has 0 bridgehead atoms. The Hall–Kier alpha value is -2.08. The highest BCUT2D eigenvalue weighted by molar-refractivity contribution is 7.18. The van der Waals surface area contributed by atoms with E-state index in [1.807, 2.05) is 45.0 Å². The molecule has 20 heavy (non-hydrogen) atoms. The number of hydrogen-bond acceptors (Lipinski definition) is 5. The molecule has 0 atom stereocenters. The van der Waals surface area contributed by atoms with E-state index in [9.17, 15) is 4.79 Å². The van der Waals surface area contributed by atoms with E-state index in [1.54, 1.807) is 0 Å². The second kappa shape index (κ2) is 5.92. The van der Waals surface area contributed by atoms with Crippen LogP contribution < -0.4 is 16.4 Å². The Bertz CT molecular complexity index is 621. The Kier molecular flexibility index (Phi) is 4.24. The van der Waals surface area contributed by atoms with Crippen molar-refractivity contribution in [1.82, 2.24) is 4.98 Å². The Morgan fingerprint density at radius 2 is 2.05 bits per heavy atom. The lowest BCUT2D eigenvalue weighted by Crippen LogP contribution is -2.12. The van der Waals surface area contributed by atoms with Crippen LogP contribution in [0, 0.1) is 6.92 Å². The summed E-state index contributed by atoms with van der Waals surface area (Å²) in [5, 5.41) is 6.66. The molecule has 0 aliphatic heterocycles. The number of aromatic nitrogens is 1. The van der Waals surface area contributed by atoms with Gasteiger partial charge in [0.25, 0.3) is 5.91 Å². The van der Waals surface area contributed by atoms with Gasteiger partial charge in [0.15, 0.2) is 5.13 Å². The summed E-state index contributed by atoms with van der Waals surface area (Å²) < 4.78 is 0. The Morgan fingerprint density at radius 3 is 2.70 bits per heavy atom. The average Bonchev–Trinajstić information content (AvgIpc) is 2.72. The maximum atomic E-state index is 12.2. The summed E-state index contributed by atoms with van der Waals surface area (Å²) >= 11 is 1.26. The molecule has 2 aromatic rings. The maximum absolute atomic E-state index is 12.2. The van der Waals surface area contributed by atoms with Gasteiger partial charge in [-0.1, -0.05) is 29.5 Å². The molecule has 1 heterocycles. The van der Waals surface area contributed by atoms with Gasteiger partial charge in [0.05, 0.1) is 0 Å². The lowest BCUT2D eigenvalue weighted by molar-refractivity contribution is 0.103. The van der Waals surface area contributed by atoms with Crippen LogP contribution in [0.25, 0.3) is 0 Å². The van der Waals surface area contributed by atoms with Crippen molar-refractivity contribution in [1.29, 1.82) is 0 Å². The first-order chi connectivity index (χ1) is 9.47. The van der Waals surface area contributed by atoms with Gasteiger partial charge in [0.2, 0.25) is 0 Å². The molecule has 4 N–H and O–H groups in total. The van der Waals surface area contributed by atoms with Crippen molar-refractivity contribution in [2.24, 2.45) is 0 Å². The number of benzene rings is 1. The highest BCUT2D eigenvalue weighted by Gasteiger charge is 2.17. The van der Waals surface area contributed by atoms with Crippen molar-refractivity contribution in [2.45, 2.75) is 26.8 Å². The number of nitrogen functional groups attached to an aromatic ring is 1. The van der Waals surface area contributed by atoms with Crippen molar-refractivity contribution < 1.29 is 4.79 Å². The maximum Gasteiger partial charge on any atom is 0.269 e. The van der Waals surface area contributed by atoms with Gasteiger partial charge in [-0.05, 0) is 32.4 Å². The van der Waals surface area contributed by atoms with Crippen molar-refractivity contribution in [3.63, 3.8) is 0 Å². The van der Waals surface area contributed by atoms with E-state index in [-0.39, 0.29) is 17.8 Å². The number of amides is 1. The summed E-state index contributed by atoms with van der Waals surface area (Å²) in [6.45, 7) is 5.95. The third-order valence-corrected chi connectivity index (χ3v) is 3.67. The Labute approximate surface area is 122 Å². The van der Waals surface area contributed by atoms with E-state index < -0.39 is 0 Å². The van der Waals surface area contributed by atoms with Crippen LogP contribution in [0.3, 0.4) is 0 Å². The Morgan fingerprint density at radius 1 is 1.35 bits per heavy atom. The molecule has 1 aromatic carbocycles. The van der Waals surface area contributed by atoms with Gasteiger partial charge in [0.1, 0.15) is 10.7 Å². The van der Waals surface area contributed by atoms with Crippen LogP contribution in [0.15, 0.2) is 24.3 Å². The summed E-state index contributed by atoms with van der Waals surface area (Å²) in [5.41, 5.74) is 7.59. The van der Waals surface area contributed by atoms with E-state index in [2.05, 4.69) is 15.6 Å². The number of aryl methyl sites for hydroxylation is 1. The number of nitrogens with zero attached hydrogens (tertiary/aromatic N) is 1. The van der Waals surface area contributed by atoms with Crippen LogP contribution in [0.1, 0.15) is 29.1 Å². The second-order valence-corrected chi connectivity index (χ2v) is 5.80. The first-order valence-electron chi connectivity index (χ1n) is 6.37. The smallest absolute Gasteiger partial charge is 0.269 e. The van der Waals surface area contributed by atoms with Crippen molar-refractivity contribution in [2.75, 3.05) is 16.4 Å². The molecule has 1 amide bonds. The predicted octanol–water partition coefficient (Wildman–Crippen LogP) is 3.11. The topological polar surface area (TPSA) is 80.0 Å². The van der Waals surface area contributed by atoms with Gasteiger partial charge in [0, 0.05) is 11.7 Å². The number of anilines is 3. The lowest BCUT2D eigenvalue weighted by Gasteiger charge is -2.06. The minimum absolute atomic E-state index is 0.230. The molecule has 0 saturated heterocycles.